The number of oxime groups is 1. The van der Waals surface area contributed by atoms with E-state index in [1.165, 1.54) is 31.4 Å². The molecule has 4 nitrogen and oxygen atoms in total. The van der Waals surface area contributed by atoms with Crippen molar-refractivity contribution in [1.29, 1.82) is 0 Å². The lowest BCUT2D eigenvalue weighted by molar-refractivity contribution is 0.318. The monoisotopic (exact) mass is 325 g/mol. The molecule has 1 aliphatic carbocycles. The molecule has 1 aromatic carbocycles. The maximum Gasteiger partial charge on any atom is 0.170 e. The molecule has 19 heavy (non-hydrogen) atoms. The van der Waals surface area contributed by atoms with Crippen molar-refractivity contribution in [2.75, 3.05) is 11.4 Å². The summed E-state index contributed by atoms with van der Waals surface area (Å²) in [5.41, 5.74) is 7.52. The van der Waals surface area contributed by atoms with E-state index in [0.717, 1.165) is 16.6 Å². The smallest absolute Gasteiger partial charge is 0.170 e. The third-order valence-corrected chi connectivity index (χ3v) is 4.40. The van der Waals surface area contributed by atoms with Crippen LogP contribution in [0.2, 0.25) is 0 Å². The summed E-state index contributed by atoms with van der Waals surface area (Å²) in [7, 11) is 0. The summed E-state index contributed by atoms with van der Waals surface area (Å²) in [4.78, 5) is 2.44. The minimum absolute atomic E-state index is 0.135. The van der Waals surface area contributed by atoms with Crippen LogP contribution < -0.4 is 10.6 Å². The third kappa shape index (κ3) is 3.03. The van der Waals surface area contributed by atoms with E-state index in [1.54, 1.807) is 0 Å². The van der Waals surface area contributed by atoms with Crippen LogP contribution in [-0.2, 0) is 0 Å². The lowest BCUT2D eigenvalue weighted by Crippen LogP contribution is -2.33. The van der Waals surface area contributed by atoms with Gasteiger partial charge in [-0.2, -0.15) is 0 Å². The van der Waals surface area contributed by atoms with Gasteiger partial charge in [0, 0.05) is 22.6 Å². The van der Waals surface area contributed by atoms with Gasteiger partial charge < -0.3 is 15.8 Å². The molecule has 0 saturated heterocycles. The summed E-state index contributed by atoms with van der Waals surface area (Å²) < 4.78 is 0.991. The fourth-order valence-electron chi connectivity index (χ4n) is 2.80. The van der Waals surface area contributed by atoms with Crippen LogP contribution in [0.15, 0.2) is 27.8 Å². The first-order valence-corrected chi connectivity index (χ1v) is 7.50. The number of benzene rings is 1. The topological polar surface area (TPSA) is 61.8 Å². The van der Waals surface area contributed by atoms with Gasteiger partial charge in [-0.15, -0.1) is 0 Å². The van der Waals surface area contributed by atoms with Crippen molar-refractivity contribution in [2.45, 2.75) is 38.6 Å². The molecule has 1 fully saturated rings. The van der Waals surface area contributed by atoms with Crippen LogP contribution in [0.4, 0.5) is 5.69 Å². The molecule has 3 N–H and O–H groups in total. The van der Waals surface area contributed by atoms with Gasteiger partial charge >= 0.3 is 0 Å². The van der Waals surface area contributed by atoms with E-state index in [9.17, 15) is 0 Å². The van der Waals surface area contributed by atoms with Crippen molar-refractivity contribution in [3.05, 3.63) is 28.2 Å². The van der Waals surface area contributed by atoms with Gasteiger partial charge in [0.05, 0.1) is 5.69 Å². The molecule has 0 bridgehead atoms. The lowest BCUT2D eigenvalue weighted by Gasteiger charge is -2.31. The highest BCUT2D eigenvalue weighted by Crippen LogP contribution is 2.33. The molecule has 104 valence electrons. The molecule has 2 rings (SSSR count). The second-order valence-electron chi connectivity index (χ2n) is 4.88. The molecular weight excluding hydrogens is 306 g/mol. The van der Waals surface area contributed by atoms with Gasteiger partial charge in [-0.25, -0.2) is 0 Å². The average molecular weight is 326 g/mol. The van der Waals surface area contributed by atoms with Crippen molar-refractivity contribution in [1.82, 2.24) is 0 Å². The molecule has 1 aliphatic rings. The summed E-state index contributed by atoms with van der Waals surface area (Å²) in [6.07, 6.45) is 5.17. The molecule has 0 amide bonds. The van der Waals surface area contributed by atoms with Crippen molar-refractivity contribution in [2.24, 2.45) is 10.9 Å². The SMILES string of the molecule is CCN(c1ccc(/C(N)=N/O)cc1Br)C1CCCC1. The third-order valence-electron chi connectivity index (χ3n) is 3.77. The molecule has 0 atom stereocenters. The number of rotatable bonds is 4. The largest absolute Gasteiger partial charge is 0.409 e. The van der Waals surface area contributed by atoms with Gasteiger partial charge in [-0.1, -0.05) is 18.0 Å². The summed E-state index contributed by atoms with van der Waals surface area (Å²) >= 11 is 3.60. The normalized spacial score (nSPS) is 16.8. The first-order valence-electron chi connectivity index (χ1n) is 6.71. The molecule has 0 aromatic heterocycles. The maximum absolute atomic E-state index is 8.71. The van der Waals surface area contributed by atoms with Crippen LogP contribution in [0.3, 0.4) is 0 Å². The quantitative estimate of drug-likeness (QED) is 0.386. The van der Waals surface area contributed by atoms with Crippen LogP contribution in [-0.4, -0.2) is 23.6 Å². The molecule has 1 aromatic rings. The lowest BCUT2D eigenvalue weighted by atomic mass is 10.1. The van der Waals surface area contributed by atoms with Crippen molar-refractivity contribution >= 4 is 27.5 Å². The van der Waals surface area contributed by atoms with Crippen LogP contribution in [0.5, 0.6) is 0 Å². The van der Waals surface area contributed by atoms with Crippen molar-refractivity contribution in [3.63, 3.8) is 0 Å². The van der Waals surface area contributed by atoms with Gasteiger partial charge in [-0.3, -0.25) is 0 Å². The highest BCUT2D eigenvalue weighted by molar-refractivity contribution is 9.10. The Morgan fingerprint density at radius 3 is 2.68 bits per heavy atom. The highest BCUT2D eigenvalue weighted by Gasteiger charge is 2.23. The second-order valence-corrected chi connectivity index (χ2v) is 5.73. The number of hydrogen-bond donors (Lipinski definition) is 2. The number of nitrogens with two attached hydrogens (primary N) is 1. The molecule has 1 saturated carbocycles. The predicted molar refractivity (Wildman–Crippen MR) is 81.9 cm³/mol. The number of nitrogens with zero attached hydrogens (tertiary/aromatic N) is 2. The Hall–Kier alpha value is -1.23. The number of hydrogen-bond acceptors (Lipinski definition) is 3. The Labute approximate surface area is 122 Å². The second kappa shape index (κ2) is 6.28. The standard InChI is InChI=1S/C14H20BrN3O/c1-2-18(11-5-3-4-6-11)13-8-7-10(9-12(13)15)14(16)17-19/h7-9,11,19H,2-6H2,1H3,(H2,16,17). The minimum Gasteiger partial charge on any atom is -0.409 e. The molecule has 0 radical (unpaired) electrons. The fraction of sp³-hybridized carbons (Fsp3) is 0.500. The van der Waals surface area contributed by atoms with Crippen LogP contribution in [0, 0.1) is 0 Å². The first kappa shape index (κ1) is 14.2. The van der Waals surface area contributed by atoms with Gasteiger partial charge in [0.2, 0.25) is 0 Å². The summed E-state index contributed by atoms with van der Waals surface area (Å²) in [5.74, 6) is 0.135. The summed E-state index contributed by atoms with van der Waals surface area (Å²) in [5, 5.41) is 11.7. The van der Waals surface area contributed by atoms with Crippen molar-refractivity contribution in [3.8, 4) is 0 Å². The zero-order valence-electron chi connectivity index (χ0n) is 11.1. The minimum atomic E-state index is 0.135. The summed E-state index contributed by atoms with van der Waals surface area (Å²) in [6.45, 7) is 3.17. The molecule has 0 heterocycles. The van der Waals surface area contributed by atoms with Crippen LogP contribution in [0.25, 0.3) is 0 Å². The van der Waals surface area contributed by atoms with E-state index < -0.39 is 0 Å². The Balaban J connectivity index is 2.28. The van der Waals surface area contributed by atoms with Gasteiger partial charge in [0.15, 0.2) is 5.84 Å². The summed E-state index contributed by atoms with van der Waals surface area (Å²) in [6, 6.07) is 6.48. The van der Waals surface area contributed by atoms with E-state index in [0.29, 0.717) is 6.04 Å². The molecular formula is C14H20BrN3O. The highest BCUT2D eigenvalue weighted by atomic mass is 79.9. The van der Waals surface area contributed by atoms with E-state index in [4.69, 9.17) is 10.9 Å². The number of anilines is 1. The fourth-order valence-corrected chi connectivity index (χ4v) is 3.40. The van der Waals surface area contributed by atoms with E-state index in [1.807, 2.05) is 18.2 Å². The Bertz CT molecular complexity index is 470. The number of halogens is 1. The molecule has 0 aliphatic heterocycles. The zero-order valence-corrected chi connectivity index (χ0v) is 12.7. The van der Waals surface area contributed by atoms with Gasteiger partial charge in [0.1, 0.15) is 0 Å². The van der Waals surface area contributed by atoms with Gasteiger partial charge in [-0.05, 0) is 53.9 Å². The average Bonchev–Trinajstić information content (AvgIpc) is 2.94. The van der Waals surface area contributed by atoms with Crippen LogP contribution >= 0.6 is 15.9 Å². The molecule has 0 spiro atoms. The maximum atomic E-state index is 8.71. The Kier molecular flexibility index (Phi) is 4.69. The zero-order chi connectivity index (χ0) is 13.8. The molecule has 0 unspecified atom stereocenters. The van der Waals surface area contributed by atoms with Gasteiger partial charge in [0.25, 0.3) is 0 Å². The first-order chi connectivity index (χ1) is 9.17. The van der Waals surface area contributed by atoms with Crippen LogP contribution in [0.1, 0.15) is 38.2 Å². The van der Waals surface area contributed by atoms with E-state index in [-0.39, 0.29) is 5.84 Å². The molecule has 5 heteroatoms. The Morgan fingerprint density at radius 2 is 2.16 bits per heavy atom. The Morgan fingerprint density at radius 1 is 1.47 bits per heavy atom. The van der Waals surface area contributed by atoms with E-state index >= 15 is 0 Å². The van der Waals surface area contributed by atoms with E-state index in [2.05, 4.69) is 32.9 Å². The predicted octanol–water partition coefficient (Wildman–Crippen LogP) is 3.31. The number of amidine groups is 1. The van der Waals surface area contributed by atoms with Crippen molar-refractivity contribution < 1.29 is 5.21 Å².